The highest BCUT2D eigenvalue weighted by molar-refractivity contribution is 4.81. The molecule has 0 bridgehead atoms. The first-order valence-corrected chi connectivity index (χ1v) is 5.61. The third-order valence-corrected chi connectivity index (χ3v) is 2.90. The number of aryl methyl sites for hydroxylation is 1. The minimum Gasteiger partial charge on any atom is -0.314 e. The van der Waals surface area contributed by atoms with Gasteiger partial charge >= 0.3 is 5.69 Å². The summed E-state index contributed by atoms with van der Waals surface area (Å²) in [6, 6.07) is 2.47. The van der Waals surface area contributed by atoms with Gasteiger partial charge in [-0.15, -0.1) is 0 Å². The fraction of sp³-hybridized carbons (Fsp3) is 0.636. The van der Waals surface area contributed by atoms with Gasteiger partial charge in [-0.05, 0) is 38.3 Å². The molecule has 1 N–H and O–H groups in total. The lowest BCUT2D eigenvalue weighted by Gasteiger charge is -2.09. The van der Waals surface area contributed by atoms with E-state index >= 15 is 0 Å². The van der Waals surface area contributed by atoms with E-state index in [1.165, 1.54) is 19.0 Å². The van der Waals surface area contributed by atoms with Crippen molar-refractivity contribution in [1.29, 1.82) is 0 Å². The molecule has 1 atom stereocenters. The van der Waals surface area contributed by atoms with E-state index < -0.39 is 0 Å². The Labute approximate surface area is 89.3 Å². The predicted octanol–water partition coefficient (Wildman–Crippen LogP) is 0.776. The summed E-state index contributed by atoms with van der Waals surface area (Å²) in [4.78, 5) is 15.0. The monoisotopic (exact) mass is 207 g/mol. The molecule has 0 spiro atoms. The standard InChI is InChI=1S/C11H17N3O/c15-11-13-7-3-9-14(11)8-2-5-10-4-1-6-12-10/h3,7,9-10,12H,1-2,4-6,8H2. The van der Waals surface area contributed by atoms with Gasteiger partial charge in [0, 0.05) is 25.0 Å². The molecule has 0 aromatic carbocycles. The van der Waals surface area contributed by atoms with Crippen molar-refractivity contribution in [2.75, 3.05) is 6.54 Å². The van der Waals surface area contributed by atoms with Crippen LogP contribution in [0.25, 0.3) is 0 Å². The molecule has 1 aromatic heterocycles. The molecule has 1 aromatic rings. The van der Waals surface area contributed by atoms with Crippen molar-refractivity contribution in [2.45, 2.75) is 38.3 Å². The lowest BCUT2D eigenvalue weighted by molar-refractivity contribution is 0.494. The number of nitrogens with zero attached hydrogens (tertiary/aromatic N) is 2. The molecule has 2 heterocycles. The largest absolute Gasteiger partial charge is 0.347 e. The zero-order chi connectivity index (χ0) is 10.5. The van der Waals surface area contributed by atoms with Gasteiger partial charge in [0.15, 0.2) is 0 Å². The molecule has 0 radical (unpaired) electrons. The molecule has 4 nitrogen and oxygen atoms in total. The topological polar surface area (TPSA) is 46.9 Å². The van der Waals surface area contributed by atoms with Gasteiger partial charge in [0.05, 0.1) is 0 Å². The first kappa shape index (κ1) is 10.4. The van der Waals surface area contributed by atoms with Gasteiger partial charge in [0.25, 0.3) is 0 Å². The van der Waals surface area contributed by atoms with Crippen molar-refractivity contribution >= 4 is 0 Å². The SMILES string of the molecule is O=c1ncccn1CCCC1CCCN1. The second kappa shape index (κ2) is 5.07. The Morgan fingerprint density at radius 3 is 3.27 bits per heavy atom. The Morgan fingerprint density at radius 1 is 1.60 bits per heavy atom. The third kappa shape index (κ3) is 2.89. The van der Waals surface area contributed by atoms with Crippen LogP contribution in [0.4, 0.5) is 0 Å². The molecule has 0 saturated carbocycles. The molecule has 1 saturated heterocycles. The molecular weight excluding hydrogens is 190 g/mol. The van der Waals surface area contributed by atoms with Crippen LogP contribution in [0.1, 0.15) is 25.7 Å². The fourth-order valence-electron chi connectivity index (χ4n) is 2.07. The van der Waals surface area contributed by atoms with E-state index in [-0.39, 0.29) is 5.69 Å². The van der Waals surface area contributed by atoms with Crippen LogP contribution in [0.2, 0.25) is 0 Å². The van der Waals surface area contributed by atoms with Crippen LogP contribution in [-0.4, -0.2) is 22.1 Å². The average molecular weight is 207 g/mol. The number of hydrogen-bond acceptors (Lipinski definition) is 3. The van der Waals surface area contributed by atoms with E-state index in [4.69, 9.17) is 0 Å². The highest BCUT2D eigenvalue weighted by atomic mass is 16.1. The molecule has 0 amide bonds. The zero-order valence-corrected chi connectivity index (χ0v) is 8.85. The molecule has 4 heteroatoms. The first-order chi connectivity index (χ1) is 7.36. The van der Waals surface area contributed by atoms with Gasteiger partial charge in [-0.25, -0.2) is 9.78 Å². The number of aromatic nitrogens is 2. The zero-order valence-electron chi connectivity index (χ0n) is 8.85. The summed E-state index contributed by atoms with van der Waals surface area (Å²) in [6.45, 7) is 1.93. The lowest BCUT2D eigenvalue weighted by atomic mass is 10.1. The quantitative estimate of drug-likeness (QED) is 0.793. The van der Waals surface area contributed by atoms with E-state index in [1.807, 2.05) is 0 Å². The average Bonchev–Trinajstić information content (AvgIpc) is 2.74. The van der Waals surface area contributed by atoms with E-state index in [0.29, 0.717) is 6.04 Å². The van der Waals surface area contributed by atoms with Crippen LogP contribution >= 0.6 is 0 Å². The van der Waals surface area contributed by atoms with Crippen molar-refractivity contribution < 1.29 is 0 Å². The maximum atomic E-state index is 11.3. The summed E-state index contributed by atoms with van der Waals surface area (Å²) in [7, 11) is 0. The van der Waals surface area contributed by atoms with Crippen LogP contribution < -0.4 is 11.0 Å². The molecular formula is C11H17N3O. The fourth-order valence-corrected chi connectivity index (χ4v) is 2.07. The molecule has 1 unspecified atom stereocenters. The maximum absolute atomic E-state index is 11.3. The number of hydrogen-bond donors (Lipinski definition) is 1. The molecule has 1 aliphatic rings. The van der Waals surface area contributed by atoms with Crippen molar-refractivity contribution in [1.82, 2.24) is 14.9 Å². The Bertz CT molecular complexity index is 355. The van der Waals surface area contributed by atoms with Crippen LogP contribution in [0, 0.1) is 0 Å². The first-order valence-electron chi connectivity index (χ1n) is 5.61. The van der Waals surface area contributed by atoms with Gasteiger partial charge < -0.3 is 5.32 Å². The van der Waals surface area contributed by atoms with E-state index in [1.54, 1.807) is 16.8 Å². The van der Waals surface area contributed by atoms with Gasteiger partial charge in [0.1, 0.15) is 0 Å². The summed E-state index contributed by atoms with van der Waals surface area (Å²) >= 11 is 0. The molecule has 2 rings (SSSR count). The third-order valence-electron chi connectivity index (χ3n) is 2.90. The predicted molar refractivity (Wildman–Crippen MR) is 58.8 cm³/mol. The molecule has 0 aliphatic carbocycles. The maximum Gasteiger partial charge on any atom is 0.347 e. The van der Waals surface area contributed by atoms with Crippen molar-refractivity contribution in [3.63, 3.8) is 0 Å². The van der Waals surface area contributed by atoms with Crippen LogP contribution in [0.5, 0.6) is 0 Å². The Morgan fingerprint density at radius 2 is 2.53 bits per heavy atom. The molecule has 82 valence electrons. The highest BCUT2D eigenvalue weighted by Gasteiger charge is 2.12. The van der Waals surface area contributed by atoms with Crippen LogP contribution in [0.3, 0.4) is 0 Å². The van der Waals surface area contributed by atoms with Crippen molar-refractivity contribution in [3.05, 3.63) is 28.9 Å². The minimum atomic E-state index is -0.142. The summed E-state index contributed by atoms with van der Waals surface area (Å²) in [5.74, 6) is 0. The smallest absolute Gasteiger partial charge is 0.314 e. The summed E-state index contributed by atoms with van der Waals surface area (Å²) in [5.41, 5.74) is -0.142. The van der Waals surface area contributed by atoms with Gasteiger partial charge in [-0.1, -0.05) is 0 Å². The van der Waals surface area contributed by atoms with E-state index in [9.17, 15) is 4.79 Å². The molecule has 1 aliphatic heterocycles. The Kier molecular flexibility index (Phi) is 3.50. The van der Waals surface area contributed by atoms with E-state index in [2.05, 4.69) is 10.3 Å². The molecule has 15 heavy (non-hydrogen) atoms. The van der Waals surface area contributed by atoms with Gasteiger partial charge in [-0.2, -0.15) is 0 Å². The number of nitrogens with one attached hydrogen (secondary N) is 1. The minimum absolute atomic E-state index is 0.142. The normalized spacial score (nSPS) is 20.7. The Balaban J connectivity index is 1.78. The van der Waals surface area contributed by atoms with Crippen molar-refractivity contribution in [3.8, 4) is 0 Å². The summed E-state index contributed by atoms with van der Waals surface area (Å²) < 4.78 is 1.68. The highest BCUT2D eigenvalue weighted by Crippen LogP contribution is 2.10. The van der Waals surface area contributed by atoms with Gasteiger partial charge in [0.2, 0.25) is 0 Å². The van der Waals surface area contributed by atoms with Crippen LogP contribution in [0.15, 0.2) is 23.3 Å². The second-order valence-electron chi connectivity index (χ2n) is 4.03. The van der Waals surface area contributed by atoms with Crippen LogP contribution in [-0.2, 0) is 6.54 Å². The summed E-state index contributed by atoms with van der Waals surface area (Å²) in [6.07, 6.45) is 8.11. The van der Waals surface area contributed by atoms with Gasteiger partial charge in [-0.3, -0.25) is 4.57 Å². The molecule has 1 fully saturated rings. The summed E-state index contributed by atoms with van der Waals surface area (Å²) in [5, 5.41) is 3.45. The van der Waals surface area contributed by atoms with Crippen molar-refractivity contribution in [2.24, 2.45) is 0 Å². The second-order valence-corrected chi connectivity index (χ2v) is 4.03. The Hall–Kier alpha value is -1.16. The van der Waals surface area contributed by atoms with E-state index in [0.717, 1.165) is 25.9 Å². The lowest BCUT2D eigenvalue weighted by Crippen LogP contribution is -2.24. The number of rotatable bonds is 4.